The molecule has 0 saturated carbocycles. The van der Waals surface area contributed by atoms with E-state index in [-0.39, 0.29) is 0 Å². The number of likely N-dealkylation sites (tertiary alicyclic amines) is 1. The predicted octanol–water partition coefficient (Wildman–Crippen LogP) is 1.63. The lowest BCUT2D eigenvalue weighted by molar-refractivity contribution is 0.0944. The van der Waals surface area contributed by atoms with Crippen LogP contribution in [0.5, 0.6) is 0 Å². The van der Waals surface area contributed by atoms with Crippen LogP contribution in [0.15, 0.2) is 0 Å². The van der Waals surface area contributed by atoms with Gasteiger partial charge in [-0.25, -0.2) is 0 Å². The third-order valence-corrected chi connectivity index (χ3v) is 2.95. The van der Waals surface area contributed by atoms with Crippen molar-refractivity contribution in [3.05, 3.63) is 0 Å². The Morgan fingerprint density at radius 2 is 1.83 bits per heavy atom. The molecule has 2 atom stereocenters. The molecule has 0 spiro atoms. The zero-order valence-electron chi connectivity index (χ0n) is 8.29. The van der Waals surface area contributed by atoms with Gasteiger partial charge in [0.1, 0.15) is 0 Å². The zero-order chi connectivity index (χ0) is 8.97. The molecule has 1 N–H and O–H groups in total. The minimum Gasteiger partial charge on any atom is -0.396 e. The molecule has 2 nitrogen and oxygen atoms in total. The highest BCUT2D eigenvalue weighted by molar-refractivity contribution is 4.78. The van der Waals surface area contributed by atoms with Gasteiger partial charge in [0.2, 0.25) is 0 Å². The van der Waals surface area contributed by atoms with Crippen LogP contribution < -0.4 is 0 Å². The normalized spacial score (nSPS) is 32.2. The molecular formula is C10H21NO. The van der Waals surface area contributed by atoms with Gasteiger partial charge in [-0.2, -0.15) is 0 Å². The number of aliphatic hydroxyl groups is 1. The molecule has 1 heterocycles. The molecule has 0 aromatic rings. The van der Waals surface area contributed by atoms with Gasteiger partial charge in [0.15, 0.2) is 0 Å². The van der Waals surface area contributed by atoms with E-state index in [1.54, 1.807) is 0 Å². The second kappa shape index (κ2) is 4.83. The van der Waals surface area contributed by atoms with Crippen molar-refractivity contribution in [2.24, 2.45) is 0 Å². The molecule has 0 aromatic carbocycles. The van der Waals surface area contributed by atoms with Crippen molar-refractivity contribution >= 4 is 0 Å². The summed E-state index contributed by atoms with van der Waals surface area (Å²) in [5, 5.41) is 8.74. The highest BCUT2D eigenvalue weighted by atomic mass is 16.3. The van der Waals surface area contributed by atoms with Crippen LogP contribution >= 0.6 is 0 Å². The lowest BCUT2D eigenvalue weighted by Gasteiger charge is -2.38. The van der Waals surface area contributed by atoms with E-state index in [1.165, 1.54) is 19.3 Å². The van der Waals surface area contributed by atoms with Crippen LogP contribution in [-0.2, 0) is 0 Å². The molecule has 0 amide bonds. The molecule has 1 saturated heterocycles. The van der Waals surface area contributed by atoms with Crippen LogP contribution in [0.2, 0.25) is 0 Å². The molecule has 72 valence electrons. The molecule has 0 aliphatic carbocycles. The number of hydrogen-bond acceptors (Lipinski definition) is 2. The summed E-state index contributed by atoms with van der Waals surface area (Å²) in [5.74, 6) is 0. The fourth-order valence-corrected chi connectivity index (χ4v) is 2.17. The van der Waals surface area contributed by atoms with Crippen LogP contribution in [0.25, 0.3) is 0 Å². The third kappa shape index (κ3) is 2.46. The molecule has 1 rings (SSSR count). The van der Waals surface area contributed by atoms with Crippen LogP contribution in [0.1, 0.15) is 39.5 Å². The van der Waals surface area contributed by atoms with Gasteiger partial charge in [0, 0.05) is 25.2 Å². The molecule has 0 radical (unpaired) electrons. The van der Waals surface area contributed by atoms with Crippen LogP contribution in [-0.4, -0.2) is 35.2 Å². The molecule has 12 heavy (non-hydrogen) atoms. The van der Waals surface area contributed by atoms with Crippen molar-refractivity contribution in [1.82, 2.24) is 4.90 Å². The SMILES string of the molecule is C[C@@H]1CCC[C@@H](C)N1CCCO. The molecule has 1 fully saturated rings. The van der Waals surface area contributed by atoms with E-state index in [2.05, 4.69) is 18.7 Å². The summed E-state index contributed by atoms with van der Waals surface area (Å²) in [7, 11) is 0. The highest BCUT2D eigenvalue weighted by Crippen LogP contribution is 2.22. The summed E-state index contributed by atoms with van der Waals surface area (Å²) in [6.07, 6.45) is 4.96. The van der Waals surface area contributed by atoms with E-state index in [1.807, 2.05) is 0 Å². The second-order valence-corrected chi connectivity index (χ2v) is 3.94. The van der Waals surface area contributed by atoms with Crippen molar-refractivity contribution < 1.29 is 5.11 Å². The zero-order valence-corrected chi connectivity index (χ0v) is 8.29. The first-order valence-corrected chi connectivity index (χ1v) is 5.12. The van der Waals surface area contributed by atoms with E-state index in [0.29, 0.717) is 6.61 Å². The van der Waals surface area contributed by atoms with Gasteiger partial charge in [-0.05, 0) is 33.1 Å². The quantitative estimate of drug-likeness (QED) is 0.697. The van der Waals surface area contributed by atoms with Crippen molar-refractivity contribution in [2.45, 2.75) is 51.6 Å². The molecule has 1 aliphatic rings. The Kier molecular flexibility index (Phi) is 4.02. The topological polar surface area (TPSA) is 23.5 Å². The maximum Gasteiger partial charge on any atom is 0.0443 e. The summed E-state index contributed by atoms with van der Waals surface area (Å²) in [5.41, 5.74) is 0. The fraction of sp³-hybridized carbons (Fsp3) is 1.00. The predicted molar refractivity (Wildman–Crippen MR) is 51.2 cm³/mol. The Morgan fingerprint density at radius 1 is 1.25 bits per heavy atom. The van der Waals surface area contributed by atoms with Crippen LogP contribution in [0.4, 0.5) is 0 Å². The van der Waals surface area contributed by atoms with E-state index >= 15 is 0 Å². The Morgan fingerprint density at radius 3 is 2.33 bits per heavy atom. The van der Waals surface area contributed by atoms with Crippen molar-refractivity contribution in [3.63, 3.8) is 0 Å². The lowest BCUT2D eigenvalue weighted by Crippen LogP contribution is -2.44. The van der Waals surface area contributed by atoms with Crippen molar-refractivity contribution in [1.29, 1.82) is 0 Å². The smallest absolute Gasteiger partial charge is 0.0443 e. The summed E-state index contributed by atoms with van der Waals surface area (Å²) < 4.78 is 0. The number of piperidine rings is 1. The number of nitrogens with zero attached hydrogens (tertiary/aromatic N) is 1. The molecule has 0 aromatic heterocycles. The maximum absolute atomic E-state index is 8.74. The van der Waals surface area contributed by atoms with Gasteiger partial charge in [-0.3, -0.25) is 4.90 Å². The Balaban J connectivity index is 2.34. The van der Waals surface area contributed by atoms with E-state index in [0.717, 1.165) is 25.0 Å². The summed E-state index contributed by atoms with van der Waals surface area (Å²) >= 11 is 0. The molecule has 0 unspecified atom stereocenters. The summed E-state index contributed by atoms with van der Waals surface area (Å²) in [6, 6.07) is 1.44. The minimum atomic E-state index is 0.329. The first-order chi connectivity index (χ1) is 5.75. The van der Waals surface area contributed by atoms with Gasteiger partial charge in [-0.1, -0.05) is 6.42 Å². The average Bonchev–Trinajstić information content (AvgIpc) is 2.04. The summed E-state index contributed by atoms with van der Waals surface area (Å²) in [4.78, 5) is 2.53. The van der Waals surface area contributed by atoms with Crippen LogP contribution in [0, 0.1) is 0 Å². The molecule has 1 aliphatic heterocycles. The van der Waals surface area contributed by atoms with Gasteiger partial charge >= 0.3 is 0 Å². The molecule has 2 heteroatoms. The minimum absolute atomic E-state index is 0.329. The second-order valence-electron chi connectivity index (χ2n) is 3.94. The highest BCUT2D eigenvalue weighted by Gasteiger charge is 2.23. The maximum atomic E-state index is 8.74. The lowest BCUT2D eigenvalue weighted by atomic mass is 9.97. The Bertz CT molecular complexity index is 117. The average molecular weight is 171 g/mol. The Hall–Kier alpha value is -0.0800. The number of hydrogen-bond donors (Lipinski definition) is 1. The molecule has 0 bridgehead atoms. The first-order valence-electron chi connectivity index (χ1n) is 5.12. The largest absolute Gasteiger partial charge is 0.396 e. The Labute approximate surface area is 75.6 Å². The number of aliphatic hydroxyl groups excluding tert-OH is 1. The van der Waals surface area contributed by atoms with E-state index in [9.17, 15) is 0 Å². The van der Waals surface area contributed by atoms with Gasteiger partial charge in [0.05, 0.1) is 0 Å². The summed E-state index contributed by atoms with van der Waals surface area (Å²) in [6.45, 7) is 5.99. The van der Waals surface area contributed by atoms with Crippen LogP contribution in [0.3, 0.4) is 0 Å². The third-order valence-electron chi connectivity index (χ3n) is 2.95. The van der Waals surface area contributed by atoms with E-state index in [4.69, 9.17) is 5.11 Å². The van der Waals surface area contributed by atoms with E-state index < -0.39 is 0 Å². The molecular weight excluding hydrogens is 150 g/mol. The monoisotopic (exact) mass is 171 g/mol. The van der Waals surface area contributed by atoms with Crippen molar-refractivity contribution in [3.8, 4) is 0 Å². The number of rotatable bonds is 3. The van der Waals surface area contributed by atoms with Gasteiger partial charge in [-0.15, -0.1) is 0 Å². The van der Waals surface area contributed by atoms with Gasteiger partial charge < -0.3 is 5.11 Å². The van der Waals surface area contributed by atoms with Gasteiger partial charge in [0.25, 0.3) is 0 Å². The first kappa shape index (κ1) is 10.0. The van der Waals surface area contributed by atoms with Crippen molar-refractivity contribution in [2.75, 3.05) is 13.2 Å². The standard InChI is InChI=1S/C10H21NO/c1-9-5-3-6-10(2)11(9)7-4-8-12/h9-10,12H,3-8H2,1-2H3/t9-,10-/m1/s1. The fourth-order valence-electron chi connectivity index (χ4n) is 2.17.